The van der Waals surface area contributed by atoms with Crippen molar-refractivity contribution in [1.29, 1.82) is 0 Å². The Balaban J connectivity index is 1.61. The Morgan fingerprint density at radius 3 is 2.81 bits per heavy atom. The fourth-order valence-electron chi connectivity index (χ4n) is 2.64. The molecule has 1 aliphatic heterocycles. The molecule has 0 bridgehead atoms. The minimum absolute atomic E-state index is 0.772. The largest absolute Gasteiger partial charge is 0.494 e. The highest BCUT2D eigenvalue weighted by Gasteiger charge is 2.12. The van der Waals surface area contributed by atoms with Crippen LogP contribution in [0.3, 0.4) is 0 Å². The molecule has 2 aromatic carbocycles. The second-order valence-electron chi connectivity index (χ2n) is 5.35. The summed E-state index contributed by atoms with van der Waals surface area (Å²) in [5.74, 6) is 0.935. The van der Waals surface area contributed by atoms with Gasteiger partial charge in [-0.1, -0.05) is 25.1 Å². The minimum atomic E-state index is 0.772. The van der Waals surface area contributed by atoms with Gasteiger partial charge in [0.2, 0.25) is 0 Å². The predicted molar refractivity (Wildman–Crippen MR) is 88.2 cm³/mol. The lowest BCUT2D eigenvalue weighted by atomic mass is 10.1. The first-order chi connectivity index (χ1) is 10.4. The first kappa shape index (κ1) is 13.8. The number of ether oxygens (including phenoxy) is 1. The highest BCUT2D eigenvalue weighted by atomic mass is 16.5. The summed E-state index contributed by atoms with van der Waals surface area (Å²) in [5, 5.41) is 6.96. The van der Waals surface area contributed by atoms with Gasteiger partial charge in [-0.2, -0.15) is 0 Å². The van der Waals surface area contributed by atoms with Gasteiger partial charge in [-0.3, -0.25) is 0 Å². The quantitative estimate of drug-likeness (QED) is 0.838. The van der Waals surface area contributed by atoms with Gasteiger partial charge in [0.1, 0.15) is 5.75 Å². The van der Waals surface area contributed by atoms with Crippen LogP contribution in [0.1, 0.15) is 24.5 Å². The molecule has 0 aliphatic carbocycles. The molecule has 0 saturated carbocycles. The van der Waals surface area contributed by atoms with Crippen molar-refractivity contribution >= 4 is 11.4 Å². The summed E-state index contributed by atoms with van der Waals surface area (Å²) in [6.07, 6.45) is 2.17. The Hall–Kier alpha value is -2.16. The van der Waals surface area contributed by atoms with E-state index >= 15 is 0 Å². The molecule has 0 radical (unpaired) electrons. The van der Waals surface area contributed by atoms with Gasteiger partial charge >= 0.3 is 0 Å². The monoisotopic (exact) mass is 282 g/mol. The molecule has 0 spiro atoms. The van der Waals surface area contributed by atoms with Crippen molar-refractivity contribution in [2.75, 3.05) is 23.8 Å². The summed E-state index contributed by atoms with van der Waals surface area (Å²) in [7, 11) is 0. The Bertz CT molecular complexity index is 593. The van der Waals surface area contributed by atoms with E-state index in [9.17, 15) is 0 Å². The van der Waals surface area contributed by atoms with Crippen molar-refractivity contribution in [1.82, 2.24) is 0 Å². The van der Waals surface area contributed by atoms with E-state index in [1.807, 2.05) is 12.1 Å². The number of fused-ring (bicyclic) bond motifs is 1. The molecule has 3 rings (SSSR count). The molecule has 3 nitrogen and oxygen atoms in total. The van der Waals surface area contributed by atoms with E-state index in [4.69, 9.17) is 4.74 Å². The minimum Gasteiger partial charge on any atom is -0.494 e. The van der Waals surface area contributed by atoms with Crippen LogP contribution in [0.25, 0.3) is 0 Å². The van der Waals surface area contributed by atoms with Gasteiger partial charge < -0.3 is 15.4 Å². The van der Waals surface area contributed by atoms with Crippen LogP contribution in [0.2, 0.25) is 0 Å². The van der Waals surface area contributed by atoms with Crippen LogP contribution in [0, 0.1) is 0 Å². The van der Waals surface area contributed by atoms with E-state index in [-0.39, 0.29) is 0 Å². The molecule has 3 heteroatoms. The van der Waals surface area contributed by atoms with Crippen LogP contribution in [0.5, 0.6) is 5.75 Å². The lowest BCUT2D eigenvalue weighted by Crippen LogP contribution is -2.03. The summed E-state index contributed by atoms with van der Waals surface area (Å²) in [6, 6.07) is 14.7. The molecular weight excluding hydrogens is 260 g/mol. The van der Waals surface area contributed by atoms with Crippen LogP contribution < -0.4 is 15.4 Å². The first-order valence-corrected chi connectivity index (χ1v) is 7.68. The molecule has 0 aromatic heterocycles. The molecule has 0 fully saturated rings. The molecule has 1 aliphatic rings. The second kappa shape index (κ2) is 6.53. The number of benzene rings is 2. The zero-order chi connectivity index (χ0) is 14.5. The summed E-state index contributed by atoms with van der Waals surface area (Å²) < 4.78 is 5.60. The zero-order valence-corrected chi connectivity index (χ0v) is 12.5. The number of hydrogen-bond donors (Lipinski definition) is 2. The standard InChI is InChI=1S/C18H22N2O/c1-2-12-21-17-8-6-16(7-9-17)20-13-15-5-3-4-14-10-11-19-18(14)15/h3-9,19-20H,2,10-13H2,1H3. The zero-order valence-electron chi connectivity index (χ0n) is 12.5. The molecule has 1 heterocycles. The SMILES string of the molecule is CCCOc1ccc(NCc2cccc3c2NCC3)cc1. The number of rotatable bonds is 6. The maximum atomic E-state index is 5.60. The fourth-order valence-corrected chi connectivity index (χ4v) is 2.64. The summed E-state index contributed by atoms with van der Waals surface area (Å²) >= 11 is 0. The van der Waals surface area contributed by atoms with Gasteiger partial charge in [-0.25, -0.2) is 0 Å². The van der Waals surface area contributed by atoms with Crippen molar-refractivity contribution in [3.8, 4) is 5.75 Å². The van der Waals surface area contributed by atoms with Crippen molar-refractivity contribution < 1.29 is 4.74 Å². The van der Waals surface area contributed by atoms with E-state index in [0.29, 0.717) is 0 Å². The third-order valence-corrected chi connectivity index (χ3v) is 3.74. The van der Waals surface area contributed by atoms with Gasteiger partial charge in [0.25, 0.3) is 0 Å². The van der Waals surface area contributed by atoms with Gasteiger partial charge in [0, 0.05) is 24.5 Å². The number of hydrogen-bond acceptors (Lipinski definition) is 3. The van der Waals surface area contributed by atoms with Crippen molar-refractivity contribution in [3.63, 3.8) is 0 Å². The Labute approximate surface area is 126 Å². The van der Waals surface area contributed by atoms with E-state index in [1.165, 1.54) is 16.8 Å². The third kappa shape index (κ3) is 3.30. The van der Waals surface area contributed by atoms with Crippen LogP contribution in [0.4, 0.5) is 11.4 Å². The van der Waals surface area contributed by atoms with E-state index in [1.54, 1.807) is 0 Å². The van der Waals surface area contributed by atoms with Crippen LogP contribution in [-0.4, -0.2) is 13.2 Å². The Morgan fingerprint density at radius 1 is 1.14 bits per heavy atom. The molecule has 0 unspecified atom stereocenters. The lowest BCUT2D eigenvalue weighted by molar-refractivity contribution is 0.317. The normalized spacial score (nSPS) is 12.6. The third-order valence-electron chi connectivity index (χ3n) is 3.74. The number of para-hydroxylation sites is 1. The predicted octanol–water partition coefficient (Wildman–Crippen LogP) is 4.06. The van der Waals surface area contributed by atoms with Crippen molar-refractivity contribution in [2.24, 2.45) is 0 Å². The summed E-state index contributed by atoms with van der Waals surface area (Å²) in [5.41, 5.74) is 5.19. The Morgan fingerprint density at radius 2 is 2.00 bits per heavy atom. The molecule has 0 saturated heterocycles. The molecule has 110 valence electrons. The topological polar surface area (TPSA) is 33.3 Å². The van der Waals surface area contributed by atoms with E-state index < -0.39 is 0 Å². The van der Waals surface area contributed by atoms with Crippen LogP contribution >= 0.6 is 0 Å². The highest BCUT2D eigenvalue weighted by molar-refractivity contribution is 5.62. The maximum Gasteiger partial charge on any atom is 0.119 e. The number of nitrogens with one attached hydrogen (secondary N) is 2. The van der Waals surface area contributed by atoms with Crippen LogP contribution in [-0.2, 0) is 13.0 Å². The van der Waals surface area contributed by atoms with E-state index in [0.717, 1.165) is 44.0 Å². The average Bonchev–Trinajstić information content (AvgIpc) is 3.01. The molecule has 2 N–H and O–H groups in total. The van der Waals surface area contributed by atoms with Crippen molar-refractivity contribution in [2.45, 2.75) is 26.3 Å². The maximum absolute atomic E-state index is 5.60. The molecular formula is C18H22N2O. The van der Waals surface area contributed by atoms with Crippen LogP contribution in [0.15, 0.2) is 42.5 Å². The second-order valence-corrected chi connectivity index (χ2v) is 5.35. The van der Waals surface area contributed by atoms with Gasteiger partial charge in [-0.05, 0) is 48.2 Å². The lowest BCUT2D eigenvalue weighted by Gasteiger charge is -2.12. The summed E-state index contributed by atoms with van der Waals surface area (Å²) in [4.78, 5) is 0. The molecule has 2 aromatic rings. The summed E-state index contributed by atoms with van der Waals surface area (Å²) in [6.45, 7) is 4.78. The van der Waals surface area contributed by atoms with Crippen molar-refractivity contribution in [3.05, 3.63) is 53.6 Å². The Kier molecular flexibility index (Phi) is 4.29. The van der Waals surface area contributed by atoms with Gasteiger partial charge in [0.15, 0.2) is 0 Å². The highest BCUT2D eigenvalue weighted by Crippen LogP contribution is 2.27. The smallest absolute Gasteiger partial charge is 0.119 e. The fraction of sp³-hybridized carbons (Fsp3) is 0.333. The molecule has 0 atom stereocenters. The average molecular weight is 282 g/mol. The first-order valence-electron chi connectivity index (χ1n) is 7.68. The molecule has 0 amide bonds. The number of anilines is 2. The van der Waals surface area contributed by atoms with E-state index in [2.05, 4.69) is 47.9 Å². The van der Waals surface area contributed by atoms with Gasteiger partial charge in [-0.15, -0.1) is 0 Å². The van der Waals surface area contributed by atoms with Gasteiger partial charge in [0.05, 0.1) is 6.61 Å². The molecule has 21 heavy (non-hydrogen) atoms.